The van der Waals surface area contributed by atoms with Gasteiger partial charge in [0, 0.05) is 24.0 Å². The molecule has 250 valence electrons. The molecule has 3 aromatic rings. The number of carbonyl (C=O) groups excluding carboxylic acids is 3. The molecule has 3 rings (SSSR count). The van der Waals surface area contributed by atoms with Crippen LogP contribution in [-0.2, 0) is 23.9 Å². The highest BCUT2D eigenvalue weighted by atomic mass is 19.1. The Kier molecular flexibility index (Phi) is 12.8. The van der Waals surface area contributed by atoms with Gasteiger partial charge >= 0.3 is 17.9 Å². The highest BCUT2D eigenvalue weighted by Gasteiger charge is 2.24. The quantitative estimate of drug-likeness (QED) is 0.0706. The van der Waals surface area contributed by atoms with Crippen molar-refractivity contribution in [2.75, 3.05) is 26.4 Å². The maximum absolute atomic E-state index is 15.1. The summed E-state index contributed by atoms with van der Waals surface area (Å²) in [4.78, 5) is 35.7. The lowest BCUT2D eigenvalue weighted by atomic mass is 9.96. The van der Waals surface area contributed by atoms with E-state index in [4.69, 9.17) is 23.7 Å². The summed E-state index contributed by atoms with van der Waals surface area (Å²) in [5, 5.41) is 0. The summed E-state index contributed by atoms with van der Waals surface area (Å²) < 4.78 is 56.9. The normalized spacial score (nSPS) is 11.0. The summed E-state index contributed by atoms with van der Waals surface area (Å²) in [7, 11) is 0. The molecule has 0 aliphatic heterocycles. The van der Waals surface area contributed by atoms with Gasteiger partial charge < -0.3 is 23.7 Å². The third-order valence-corrected chi connectivity index (χ3v) is 6.52. The van der Waals surface area contributed by atoms with Gasteiger partial charge in [-0.3, -0.25) is 4.79 Å². The maximum Gasteiger partial charge on any atom is 0.333 e. The van der Waals surface area contributed by atoms with Crippen molar-refractivity contribution in [3.63, 3.8) is 0 Å². The molecule has 0 bridgehead atoms. The van der Waals surface area contributed by atoms with Crippen molar-refractivity contribution in [1.82, 2.24) is 0 Å². The lowest BCUT2D eigenvalue weighted by molar-refractivity contribution is -0.143. The minimum Gasteiger partial charge on any atom is -0.490 e. The minimum absolute atomic E-state index is 0.0159. The second-order valence-electron chi connectivity index (χ2n) is 11.9. The number of carbonyl (C=O) groups is 3. The van der Waals surface area contributed by atoms with Crippen LogP contribution in [0, 0.1) is 17.0 Å². The lowest BCUT2D eigenvalue weighted by Gasteiger charge is -2.18. The smallest absolute Gasteiger partial charge is 0.333 e. The fourth-order valence-corrected chi connectivity index (χ4v) is 3.90. The Morgan fingerprint density at radius 2 is 1.06 bits per heavy atom. The maximum atomic E-state index is 15.1. The van der Waals surface area contributed by atoms with Gasteiger partial charge in [-0.25, -0.2) is 18.4 Å². The number of benzene rings is 3. The molecule has 0 aromatic heterocycles. The summed E-state index contributed by atoms with van der Waals surface area (Å²) in [6.07, 6.45) is 0.714. The van der Waals surface area contributed by atoms with Crippen molar-refractivity contribution in [2.24, 2.45) is 5.41 Å². The number of hydrogen-bond donors (Lipinski definition) is 0. The van der Waals surface area contributed by atoms with E-state index >= 15 is 8.78 Å². The molecule has 0 saturated heterocycles. The SMILES string of the molecule is C=C(C)C(=O)OCCCOc1ccc(-c2cc(OC(=O)C(C)(C)C)cc(-c3ccc(OCCCOC(=O)C(=C)C)c(F)c3)c2)cc1F. The van der Waals surface area contributed by atoms with E-state index in [9.17, 15) is 14.4 Å². The van der Waals surface area contributed by atoms with Crippen LogP contribution in [0.2, 0.25) is 0 Å². The average Bonchev–Trinajstić information content (AvgIpc) is 3.01. The van der Waals surface area contributed by atoms with Crippen molar-refractivity contribution in [1.29, 1.82) is 0 Å². The van der Waals surface area contributed by atoms with Crippen molar-refractivity contribution in [3.8, 4) is 39.5 Å². The summed E-state index contributed by atoms with van der Waals surface area (Å²) in [5.74, 6) is -2.50. The predicted molar refractivity (Wildman–Crippen MR) is 174 cm³/mol. The van der Waals surface area contributed by atoms with Crippen LogP contribution >= 0.6 is 0 Å². The third-order valence-electron chi connectivity index (χ3n) is 6.52. The van der Waals surface area contributed by atoms with E-state index in [2.05, 4.69) is 13.2 Å². The van der Waals surface area contributed by atoms with Gasteiger partial charge in [0.05, 0.1) is 31.8 Å². The summed E-state index contributed by atoms with van der Waals surface area (Å²) in [6.45, 7) is 15.7. The standard InChI is InChI=1S/C37H40F2O8/c1-23(2)34(40)45-16-8-14-43-32-12-10-25(21-30(32)38)27-18-28(20-29(19-27)47-36(42)37(5,6)7)26-11-13-33(31(39)22-26)44-15-9-17-46-35(41)24(3)4/h10-13,18-22H,1,3,8-9,14-17H2,2,4-7H3. The number of esters is 3. The molecular formula is C37H40F2O8. The Bertz CT molecular complexity index is 1530. The Balaban J connectivity index is 1.80. The van der Waals surface area contributed by atoms with Crippen LogP contribution in [0.25, 0.3) is 22.3 Å². The van der Waals surface area contributed by atoms with Gasteiger partial charge in [0.25, 0.3) is 0 Å². The molecule has 0 aliphatic rings. The van der Waals surface area contributed by atoms with E-state index in [1.165, 1.54) is 24.3 Å². The zero-order valence-corrected chi connectivity index (χ0v) is 27.4. The van der Waals surface area contributed by atoms with Gasteiger partial charge in [-0.15, -0.1) is 0 Å². The third kappa shape index (κ3) is 11.1. The number of rotatable bonds is 15. The topological polar surface area (TPSA) is 97.4 Å². The van der Waals surface area contributed by atoms with Gasteiger partial charge in [0.2, 0.25) is 0 Å². The van der Waals surface area contributed by atoms with E-state index in [1.807, 2.05) is 0 Å². The summed E-state index contributed by atoms with van der Waals surface area (Å²) in [6, 6.07) is 13.8. The first kappa shape index (κ1) is 36.5. The Labute approximate surface area is 273 Å². The zero-order chi connectivity index (χ0) is 34.7. The van der Waals surface area contributed by atoms with Crippen molar-refractivity contribution in [2.45, 2.75) is 47.5 Å². The molecule has 0 N–H and O–H groups in total. The Morgan fingerprint density at radius 3 is 1.43 bits per heavy atom. The second kappa shape index (κ2) is 16.5. The fraction of sp³-hybridized carbons (Fsp3) is 0.324. The fourth-order valence-electron chi connectivity index (χ4n) is 3.90. The minimum atomic E-state index is -0.794. The summed E-state index contributed by atoms with van der Waals surface area (Å²) >= 11 is 0. The van der Waals surface area contributed by atoms with Gasteiger partial charge in [0.1, 0.15) is 5.75 Å². The van der Waals surface area contributed by atoms with Gasteiger partial charge in [-0.1, -0.05) is 25.3 Å². The molecule has 0 fully saturated rings. The van der Waals surface area contributed by atoms with Gasteiger partial charge in [-0.05, 0) is 99.3 Å². The van der Waals surface area contributed by atoms with Crippen molar-refractivity contribution >= 4 is 17.9 Å². The molecule has 10 heteroatoms. The van der Waals surface area contributed by atoms with Crippen molar-refractivity contribution in [3.05, 3.63) is 90.5 Å². The molecule has 0 radical (unpaired) electrons. The predicted octanol–water partition coefficient (Wildman–Crippen LogP) is 8.03. The molecule has 3 aromatic carbocycles. The molecule has 0 heterocycles. The molecule has 0 spiro atoms. The Hall–Kier alpha value is -4.99. The van der Waals surface area contributed by atoms with E-state index in [1.54, 1.807) is 65.0 Å². The molecule has 0 unspecified atom stereocenters. The Morgan fingerprint density at radius 1 is 0.638 bits per heavy atom. The molecule has 0 saturated carbocycles. The van der Waals surface area contributed by atoms with Crippen LogP contribution in [0.5, 0.6) is 17.2 Å². The van der Waals surface area contributed by atoms with Crippen LogP contribution < -0.4 is 14.2 Å². The number of hydrogen-bond acceptors (Lipinski definition) is 8. The number of halogens is 2. The largest absolute Gasteiger partial charge is 0.490 e. The average molecular weight is 651 g/mol. The van der Waals surface area contributed by atoms with E-state index in [-0.39, 0.29) is 54.8 Å². The number of ether oxygens (including phenoxy) is 5. The van der Waals surface area contributed by atoms with Gasteiger partial charge in [-0.2, -0.15) is 0 Å². The first-order chi connectivity index (χ1) is 22.1. The second-order valence-corrected chi connectivity index (χ2v) is 11.9. The molecule has 8 nitrogen and oxygen atoms in total. The van der Waals surface area contributed by atoms with E-state index in [0.29, 0.717) is 35.1 Å². The van der Waals surface area contributed by atoms with Crippen LogP contribution in [0.3, 0.4) is 0 Å². The highest BCUT2D eigenvalue weighted by molar-refractivity contribution is 5.87. The van der Waals surface area contributed by atoms with Crippen LogP contribution in [-0.4, -0.2) is 44.3 Å². The van der Waals surface area contributed by atoms with Crippen LogP contribution in [0.4, 0.5) is 8.78 Å². The first-order valence-corrected chi connectivity index (χ1v) is 15.0. The van der Waals surface area contributed by atoms with Gasteiger partial charge in [0.15, 0.2) is 23.1 Å². The summed E-state index contributed by atoms with van der Waals surface area (Å²) in [5.41, 5.74) is 1.75. The monoisotopic (exact) mass is 650 g/mol. The highest BCUT2D eigenvalue weighted by Crippen LogP contribution is 2.35. The molecular weight excluding hydrogens is 610 g/mol. The van der Waals surface area contributed by atoms with Crippen LogP contribution in [0.15, 0.2) is 78.9 Å². The lowest BCUT2D eigenvalue weighted by Crippen LogP contribution is -2.25. The van der Waals surface area contributed by atoms with Crippen molar-refractivity contribution < 1.29 is 46.8 Å². The molecule has 47 heavy (non-hydrogen) atoms. The van der Waals surface area contributed by atoms with E-state index in [0.717, 1.165) is 0 Å². The molecule has 0 amide bonds. The zero-order valence-electron chi connectivity index (χ0n) is 27.4. The molecule has 0 atom stereocenters. The first-order valence-electron chi connectivity index (χ1n) is 15.0. The van der Waals surface area contributed by atoms with E-state index < -0.39 is 35.0 Å². The van der Waals surface area contributed by atoms with Crippen LogP contribution in [0.1, 0.15) is 47.5 Å². The molecule has 0 aliphatic carbocycles.